The number of benzene rings is 10. The molecule has 8 amide bonds. The monoisotopic (exact) mass is 1860 g/mol. The quantitative estimate of drug-likeness (QED) is 0.0221. The number of nitrogens with zero attached hydrogens (tertiary/aromatic N) is 6. The molecule has 2 saturated heterocycles. The zero-order valence-corrected chi connectivity index (χ0v) is 75.9. The van der Waals surface area contributed by atoms with Crippen LogP contribution in [0.25, 0.3) is 22.3 Å². The number of hydrogen-bond donors (Lipinski definition) is 13. The summed E-state index contributed by atoms with van der Waals surface area (Å²) in [6.45, 7) is 8.07. The highest BCUT2D eigenvalue weighted by Gasteiger charge is 2.24. The van der Waals surface area contributed by atoms with Crippen LogP contribution in [0.5, 0.6) is 0 Å². The second kappa shape index (κ2) is 48.4. The molecule has 15 N–H and O–H groups in total. The van der Waals surface area contributed by atoms with Gasteiger partial charge in [-0.05, 0) is 211 Å². The van der Waals surface area contributed by atoms with E-state index >= 15 is 0 Å². The van der Waals surface area contributed by atoms with Crippen LogP contribution in [0.4, 0.5) is 46.0 Å². The first-order valence-corrected chi connectivity index (χ1v) is 44.7. The Balaban J connectivity index is 0.000000152. The highest BCUT2D eigenvalue weighted by Crippen LogP contribution is 2.30. The largest absolute Gasteiger partial charge is 0.357 e. The molecule has 0 saturated carbocycles. The van der Waals surface area contributed by atoms with Crippen molar-refractivity contribution in [1.82, 2.24) is 35.1 Å². The molecule has 30 heteroatoms. The van der Waals surface area contributed by atoms with Crippen molar-refractivity contribution in [2.75, 3.05) is 81.8 Å². The van der Waals surface area contributed by atoms with E-state index in [0.717, 1.165) is 109 Å². The van der Waals surface area contributed by atoms with Crippen LogP contribution in [-0.4, -0.2) is 128 Å². The van der Waals surface area contributed by atoms with Crippen LogP contribution in [0.2, 0.25) is 15.1 Å². The zero-order valence-electron chi connectivity index (χ0n) is 73.7. The van der Waals surface area contributed by atoms with Crippen LogP contribution in [0.1, 0.15) is 149 Å². The Morgan fingerprint density at radius 2 is 0.622 bits per heavy atom. The summed E-state index contributed by atoms with van der Waals surface area (Å²) < 4.78 is 0. The van der Waals surface area contributed by atoms with Crippen molar-refractivity contribution in [2.45, 2.75) is 58.5 Å². The molecule has 0 radical (unpaired) electrons. The molecule has 2 aliphatic heterocycles. The Morgan fingerprint density at radius 3 is 0.978 bits per heavy atom. The predicted molar refractivity (Wildman–Crippen MR) is 536 cm³/mol. The minimum Gasteiger partial charge on any atom is -0.357 e. The number of aromatic nitrogens is 4. The van der Waals surface area contributed by atoms with E-state index in [1.807, 2.05) is 90.7 Å². The van der Waals surface area contributed by atoms with Gasteiger partial charge in [0.15, 0.2) is 0 Å². The molecule has 6 heterocycles. The average Bonchev–Trinajstić information content (AvgIpc) is 1.23. The fourth-order valence-corrected chi connectivity index (χ4v) is 14.8. The third-order valence-electron chi connectivity index (χ3n) is 21.8. The maximum atomic E-state index is 12.9. The summed E-state index contributed by atoms with van der Waals surface area (Å²) in [5.41, 5.74) is 24.9. The Kier molecular flexibility index (Phi) is 34.7. The zero-order chi connectivity index (χ0) is 95.0. The van der Waals surface area contributed by atoms with Crippen molar-refractivity contribution >= 4 is 140 Å². The maximum Gasteiger partial charge on any atom is 0.258 e. The van der Waals surface area contributed by atoms with Crippen molar-refractivity contribution < 1.29 is 38.4 Å². The second-order valence-electron chi connectivity index (χ2n) is 31.2. The molecule has 2 fully saturated rings. The Hall–Kier alpha value is -15.8. The number of carbonyl (C=O) groups is 8. The first kappa shape index (κ1) is 96.8. The van der Waals surface area contributed by atoms with Crippen molar-refractivity contribution in [3.63, 3.8) is 0 Å². The molecule has 10 aromatic carbocycles. The number of nitrogens with one attached hydrogen (secondary N) is 11. The standard InChI is InChI=1S/C27H28ClN5O2.C27H24N4O2.C26H21ClN4O2.C25H25ClN6O2/c28-21-14-15-24(30-18-21)32-27(35)22-8-4-5-9-23(22)31-26(34)20-12-10-19(11-13-20)25(29)33-16-6-2-1-3-7-17-33;1-18-6-15-25(29-17-18)31-27(33)23-4-2-3-5-24(23)30-26(32)22-13-11-21(12-14-22)20-9-7-19(16-28)8-10-20;27-20-13-14-24(29-16-20)31-26(33)22-7-3-4-8-23(22)30-25(32)18-11-9-17(10-12-18)21-6-2-1-5-19(21)15-28;26-19-10-11-22(29-16-19)31-25(34)20-4-1-2-5-21(20)30-24(33)18-8-6-17(7-9-18)23(27)32-14-3-12-28-13-15-32/h4-5,8-15,18,29H,1-3,6-7,16-17H2,(H,31,34)(H,30,32,35);2-15,17H,16,28H2,1H3,(H,30,32)(H,29,31,33);1-14,16H,15,28H2,(H,30,32)(H,29,31,33);1-2,4-11,16,27-28H,3,12-15H2,(H,30,33)(H,29,31,34). The fourth-order valence-electron chi connectivity index (χ4n) is 14.5. The van der Waals surface area contributed by atoms with Gasteiger partial charge in [0.25, 0.3) is 47.3 Å². The van der Waals surface area contributed by atoms with Gasteiger partial charge in [-0.3, -0.25) is 49.2 Å². The normalized spacial score (nSPS) is 12.2. The fraction of sp³-hybridized carbons (Fsp3) is 0.143. The van der Waals surface area contributed by atoms with Gasteiger partial charge >= 0.3 is 0 Å². The minimum atomic E-state index is -0.401. The van der Waals surface area contributed by atoms with Gasteiger partial charge < -0.3 is 69.1 Å². The molecular formula is C105H98Cl3N19O8. The number of para-hydroxylation sites is 4. The summed E-state index contributed by atoms with van der Waals surface area (Å²) in [4.78, 5) is 123. The number of amides is 8. The summed E-state index contributed by atoms with van der Waals surface area (Å²) in [7, 11) is 0. The van der Waals surface area contributed by atoms with E-state index in [-0.39, 0.29) is 29.5 Å². The smallest absolute Gasteiger partial charge is 0.258 e. The number of carbonyl (C=O) groups excluding carboxylic acids is 8. The summed E-state index contributed by atoms with van der Waals surface area (Å²) in [6, 6.07) is 85.0. The summed E-state index contributed by atoms with van der Waals surface area (Å²) >= 11 is 17.5. The van der Waals surface area contributed by atoms with Gasteiger partial charge in [0.2, 0.25) is 0 Å². The van der Waals surface area contributed by atoms with Gasteiger partial charge in [0.05, 0.1) is 60.1 Å². The van der Waals surface area contributed by atoms with E-state index in [4.69, 9.17) is 57.1 Å². The topological polar surface area (TPSA) is 403 Å². The molecule has 0 atom stereocenters. The van der Waals surface area contributed by atoms with E-state index in [1.165, 1.54) is 37.9 Å². The van der Waals surface area contributed by atoms with Crippen LogP contribution in [0.3, 0.4) is 0 Å². The second-order valence-corrected chi connectivity index (χ2v) is 32.5. The van der Waals surface area contributed by atoms with Crippen LogP contribution >= 0.6 is 34.8 Å². The van der Waals surface area contributed by atoms with E-state index in [0.29, 0.717) is 130 Å². The number of pyridine rings is 4. The third kappa shape index (κ3) is 27.7. The molecule has 0 aliphatic carbocycles. The van der Waals surface area contributed by atoms with Gasteiger partial charge in [-0.25, -0.2) is 19.9 Å². The number of likely N-dealkylation sites (tertiary alicyclic amines) is 1. The minimum absolute atomic E-state index is 0.297. The molecule has 14 aromatic rings. The number of rotatable bonds is 22. The van der Waals surface area contributed by atoms with E-state index in [9.17, 15) is 38.4 Å². The number of hydrogen-bond acceptors (Lipinski definition) is 17. The third-order valence-corrected chi connectivity index (χ3v) is 22.4. The van der Waals surface area contributed by atoms with Crippen molar-refractivity contribution in [2.24, 2.45) is 11.5 Å². The van der Waals surface area contributed by atoms with E-state index in [2.05, 4.69) is 72.7 Å². The van der Waals surface area contributed by atoms with Gasteiger partial charge in [0, 0.05) is 104 Å². The molecule has 0 unspecified atom stereocenters. The van der Waals surface area contributed by atoms with E-state index < -0.39 is 17.7 Å². The van der Waals surface area contributed by atoms with Crippen LogP contribution in [-0.2, 0) is 13.1 Å². The van der Waals surface area contributed by atoms with Crippen molar-refractivity contribution in [3.8, 4) is 22.3 Å². The number of anilines is 8. The molecule has 4 aromatic heterocycles. The molecular weight excluding hydrogens is 1760 g/mol. The predicted octanol–water partition coefficient (Wildman–Crippen LogP) is 20.1. The molecule has 682 valence electrons. The van der Waals surface area contributed by atoms with Crippen molar-refractivity contribution in [1.29, 1.82) is 10.8 Å². The molecule has 0 bridgehead atoms. The lowest BCUT2D eigenvalue weighted by atomic mass is 9.98. The van der Waals surface area contributed by atoms with Gasteiger partial charge in [-0.15, -0.1) is 0 Å². The Morgan fingerprint density at radius 1 is 0.311 bits per heavy atom. The van der Waals surface area contributed by atoms with Crippen molar-refractivity contribution in [3.05, 3.63) is 403 Å². The summed E-state index contributed by atoms with van der Waals surface area (Å²) in [5.74, 6) is -0.367. The molecule has 16 rings (SSSR count). The van der Waals surface area contributed by atoms with Crippen LogP contribution < -0.4 is 59.3 Å². The average molecular weight is 1860 g/mol. The maximum absolute atomic E-state index is 12.9. The van der Waals surface area contributed by atoms with Crippen LogP contribution in [0.15, 0.2) is 316 Å². The first-order chi connectivity index (χ1) is 65.6. The lowest BCUT2D eigenvalue weighted by molar-refractivity contribution is 0.101. The summed E-state index contributed by atoms with van der Waals surface area (Å²) in [5, 5.41) is 44.0. The highest BCUT2D eigenvalue weighted by atomic mass is 35.5. The molecule has 2 aliphatic rings. The lowest BCUT2D eigenvalue weighted by Crippen LogP contribution is -2.34. The number of halogens is 3. The Labute approximate surface area is 796 Å². The first-order valence-electron chi connectivity index (χ1n) is 43.6. The van der Waals surface area contributed by atoms with Gasteiger partial charge in [0.1, 0.15) is 34.9 Å². The number of aryl methyl sites for hydroxylation is 1. The summed E-state index contributed by atoms with van der Waals surface area (Å²) in [6.07, 6.45) is 12.9. The number of amidine groups is 2. The SMILES string of the molecule is Cc1ccc(NC(=O)c2ccccc2NC(=O)c2ccc(-c3ccc(CN)cc3)cc2)nc1.N=C(c1ccc(C(=O)Nc2ccccc2C(=O)Nc2ccc(Cl)cn2)cc1)N1CCCCCCC1.N=C(c1ccc(C(=O)Nc2ccccc2C(=O)Nc2ccc(Cl)cn2)cc1)N1CCCNCC1.NCc1ccccc1-c1ccc(C(=O)Nc2ccccc2C(=O)Nc2ccc(Cl)cn2)cc1. The van der Waals surface area contributed by atoms with E-state index in [1.54, 1.807) is 219 Å². The van der Waals surface area contributed by atoms with Gasteiger partial charge in [-0.1, -0.05) is 206 Å². The van der Waals surface area contributed by atoms with Gasteiger partial charge in [-0.2, -0.15) is 0 Å². The Bertz CT molecular complexity index is 6490. The molecule has 0 spiro atoms. The number of nitrogens with two attached hydrogens (primary N) is 2. The lowest BCUT2D eigenvalue weighted by Gasteiger charge is -2.27. The molecule has 27 nitrogen and oxygen atoms in total. The highest BCUT2D eigenvalue weighted by molar-refractivity contribution is 6.31. The molecule has 135 heavy (non-hydrogen) atoms. The van der Waals surface area contributed by atoms with Crippen LogP contribution in [0, 0.1) is 17.7 Å².